The lowest BCUT2D eigenvalue weighted by atomic mass is 10.1. The predicted molar refractivity (Wildman–Crippen MR) is 71.9 cm³/mol. The highest BCUT2D eigenvalue weighted by Crippen LogP contribution is 2.38. The maximum Gasteiger partial charge on any atom is 0.259 e. The van der Waals surface area contributed by atoms with E-state index in [9.17, 15) is 9.90 Å². The lowest BCUT2D eigenvalue weighted by Crippen LogP contribution is -2.42. The molecule has 0 saturated carbocycles. The third-order valence-electron chi connectivity index (χ3n) is 3.70. The minimum atomic E-state index is -0.557. The summed E-state index contributed by atoms with van der Waals surface area (Å²) in [6.07, 6.45) is -0.557. The fraction of sp³-hybridized carbons (Fsp3) is 0.267. The van der Waals surface area contributed by atoms with Crippen molar-refractivity contribution in [1.29, 1.82) is 0 Å². The highest BCUT2D eigenvalue weighted by molar-refractivity contribution is 6.25. The molecular formula is C15H15NO2. The van der Waals surface area contributed by atoms with Crippen molar-refractivity contribution in [3.63, 3.8) is 0 Å². The first-order valence-corrected chi connectivity index (χ1v) is 6.14. The second-order valence-corrected chi connectivity index (χ2v) is 4.84. The van der Waals surface area contributed by atoms with E-state index in [1.807, 2.05) is 43.3 Å². The average Bonchev–Trinajstić information content (AvgIpc) is 2.65. The molecule has 0 spiro atoms. The zero-order valence-electron chi connectivity index (χ0n) is 10.4. The van der Waals surface area contributed by atoms with Crippen molar-refractivity contribution in [2.75, 3.05) is 4.90 Å². The number of nitrogens with zero attached hydrogens (tertiary/aromatic N) is 1. The van der Waals surface area contributed by atoms with E-state index < -0.39 is 6.10 Å². The minimum Gasteiger partial charge on any atom is -0.391 e. The van der Waals surface area contributed by atoms with E-state index >= 15 is 0 Å². The summed E-state index contributed by atoms with van der Waals surface area (Å²) < 4.78 is 0. The molecule has 2 atom stereocenters. The largest absolute Gasteiger partial charge is 0.391 e. The van der Waals surface area contributed by atoms with Gasteiger partial charge in [0.2, 0.25) is 0 Å². The fourth-order valence-electron chi connectivity index (χ4n) is 2.56. The molecule has 1 N–H and O–H groups in total. The van der Waals surface area contributed by atoms with Crippen LogP contribution in [0, 0.1) is 0 Å². The number of aliphatic hydroxyl groups is 1. The standard InChI is InChI=1S/C15H15NO2/c1-9(10(2)17)16-13-8-4-6-11-5-3-7-12(14(11)13)15(16)18/h3-10,17H,1-2H3. The number of anilines is 1. The van der Waals surface area contributed by atoms with Crippen molar-refractivity contribution in [2.24, 2.45) is 0 Å². The SMILES string of the molecule is CC(O)C(C)N1C(=O)c2cccc3cccc1c23. The van der Waals surface area contributed by atoms with E-state index in [1.165, 1.54) is 0 Å². The zero-order valence-corrected chi connectivity index (χ0v) is 10.4. The van der Waals surface area contributed by atoms with Crippen LogP contribution >= 0.6 is 0 Å². The minimum absolute atomic E-state index is 0.0183. The zero-order chi connectivity index (χ0) is 12.9. The summed E-state index contributed by atoms with van der Waals surface area (Å²) >= 11 is 0. The molecule has 3 rings (SSSR count). The fourth-order valence-corrected chi connectivity index (χ4v) is 2.56. The van der Waals surface area contributed by atoms with Crippen LogP contribution in [0.2, 0.25) is 0 Å². The Morgan fingerprint density at radius 3 is 2.44 bits per heavy atom. The molecule has 1 aliphatic heterocycles. The number of benzene rings is 2. The van der Waals surface area contributed by atoms with Crippen LogP contribution in [0.1, 0.15) is 24.2 Å². The topological polar surface area (TPSA) is 40.5 Å². The molecule has 0 fully saturated rings. The van der Waals surface area contributed by atoms with E-state index in [4.69, 9.17) is 0 Å². The number of hydrogen-bond acceptors (Lipinski definition) is 2. The van der Waals surface area contributed by atoms with E-state index in [0.29, 0.717) is 0 Å². The van der Waals surface area contributed by atoms with Crippen LogP contribution in [0.4, 0.5) is 5.69 Å². The predicted octanol–water partition coefficient (Wildman–Crippen LogP) is 2.57. The normalized spacial score (nSPS) is 17.3. The molecule has 0 radical (unpaired) electrons. The number of hydrogen-bond donors (Lipinski definition) is 1. The first kappa shape index (κ1) is 11.2. The van der Waals surface area contributed by atoms with Crippen molar-refractivity contribution in [2.45, 2.75) is 26.0 Å². The molecule has 0 aliphatic carbocycles. The lowest BCUT2D eigenvalue weighted by Gasteiger charge is -2.27. The van der Waals surface area contributed by atoms with E-state index in [2.05, 4.69) is 0 Å². The van der Waals surface area contributed by atoms with Gasteiger partial charge in [0.1, 0.15) is 0 Å². The summed E-state index contributed by atoms with van der Waals surface area (Å²) in [4.78, 5) is 14.1. The van der Waals surface area contributed by atoms with Gasteiger partial charge in [-0.2, -0.15) is 0 Å². The summed E-state index contributed by atoms with van der Waals surface area (Å²) in [7, 11) is 0. The second kappa shape index (κ2) is 3.82. The Kier molecular flexibility index (Phi) is 2.38. The third kappa shape index (κ3) is 1.37. The van der Waals surface area contributed by atoms with Crippen molar-refractivity contribution in [3.8, 4) is 0 Å². The Hall–Kier alpha value is -1.87. The monoisotopic (exact) mass is 241 g/mol. The van der Waals surface area contributed by atoms with Gasteiger partial charge in [0.05, 0.1) is 17.8 Å². The molecule has 92 valence electrons. The first-order chi connectivity index (χ1) is 8.61. The van der Waals surface area contributed by atoms with Crippen LogP contribution in [0.25, 0.3) is 10.8 Å². The molecule has 3 nitrogen and oxygen atoms in total. The van der Waals surface area contributed by atoms with Gasteiger partial charge < -0.3 is 10.0 Å². The van der Waals surface area contributed by atoms with Gasteiger partial charge in [0.25, 0.3) is 5.91 Å². The van der Waals surface area contributed by atoms with E-state index in [0.717, 1.165) is 22.0 Å². The highest BCUT2D eigenvalue weighted by Gasteiger charge is 2.34. The van der Waals surface area contributed by atoms with Gasteiger partial charge in [0, 0.05) is 10.9 Å². The summed E-state index contributed by atoms with van der Waals surface area (Å²) in [6.45, 7) is 3.58. The molecule has 1 heterocycles. The summed E-state index contributed by atoms with van der Waals surface area (Å²) in [5, 5.41) is 11.8. The quantitative estimate of drug-likeness (QED) is 0.877. The van der Waals surface area contributed by atoms with Gasteiger partial charge >= 0.3 is 0 Å². The summed E-state index contributed by atoms with van der Waals surface area (Å²) in [5.41, 5.74) is 1.64. The van der Waals surface area contributed by atoms with E-state index in [1.54, 1.807) is 11.8 Å². The molecule has 2 unspecified atom stereocenters. The van der Waals surface area contributed by atoms with Gasteiger partial charge in [-0.1, -0.05) is 24.3 Å². The lowest BCUT2D eigenvalue weighted by molar-refractivity contribution is 0.0943. The first-order valence-electron chi connectivity index (χ1n) is 6.14. The van der Waals surface area contributed by atoms with Gasteiger partial charge in [-0.3, -0.25) is 4.79 Å². The molecular weight excluding hydrogens is 226 g/mol. The molecule has 1 amide bonds. The molecule has 0 saturated heterocycles. The Morgan fingerprint density at radius 2 is 1.78 bits per heavy atom. The van der Waals surface area contributed by atoms with Crippen LogP contribution in [0.3, 0.4) is 0 Å². The third-order valence-corrected chi connectivity index (χ3v) is 3.70. The van der Waals surface area contributed by atoms with Crippen LogP contribution in [-0.2, 0) is 0 Å². The average molecular weight is 241 g/mol. The van der Waals surface area contributed by atoms with Crippen molar-refractivity contribution < 1.29 is 9.90 Å². The Balaban J connectivity index is 2.26. The Morgan fingerprint density at radius 1 is 1.11 bits per heavy atom. The van der Waals surface area contributed by atoms with Crippen molar-refractivity contribution >= 4 is 22.4 Å². The van der Waals surface area contributed by atoms with E-state index in [-0.39, 0.29) is 11.9 Å². The molecule has 3 heteroatoms. The van der Waals surface area contributed by atoms with Crippen LogP contribution in [0.15, 0.2) is 36.4 Å². The molecule has 1 aliphatic rings. The number of rotatable bonds is 2. The number of carbonyl (C=O) groups excluding carboxylic acids is 1. The number of aliphatic hydroxyl groups excluding tert-OH is 1. The van der Waals surface area contributed by atoms with Crippen LogP contribution < -0.4 is 4.90 Å². The van der Waals surface area contributed by atoms with Crippen LogP contribution in [-0.4, -0.2) is 23.2 Å². The highest BCUT2D eigenvalue weighted by atomic mass is 16.3. The van der Waals surface area contributed by atoms with Gasteiger partial charge in [-0.15, -0.1) is 0 Å². The maximum absolute atomic E-state index is 12.4. The number of amides is 1. The second-order valence-electron chi connectivity index (χ2n) is 4.84. The molecule has 2 aromatic carbocycles. The summed E-state index contributed by atoms with van der Waals surface area (Å²) in [5.74, 6) is -0.0183. The van der Waals surface area contributed by atoms with Crippen molar-refractivity contribution in [3.05, 3.63) is 42.0 Å². The maximum atomic E-state index is 12.4. The number of carbonyl (C=O) groups is 1. The molecule has 18 heavy (non-hydrogen) atoms. The Bertz CT molecular complexity index is 628. The Labute approximate surface area is 106 Å². The van der Waals surface area contributed by atoms with Gasteiger partial charge in [-0.25, -0.2) is 0 Å². The smallest absolute Gasteiger partial charge is 0.259 e. The van der Waals surface area contributed by atoms with Crippen LogP contribution in [0.5, 0.6) is 0 Å². The summed E-state index contributed by atoms with van der Waals surface area (Å²) in [6, 6.07) is 11.4. The van der Waals surface area contributed by atoms with Gasteiger partial charge in [0.15, 0.2) is 0 Å². The van der Waals surface area contributed by atoms with Gasteiger partial charge in [-0.05, 0) is 31.4 Å². The molecule has 0 bridgehead atoms. The molecule has 2 aromatic rings. The van der Waals surface area contributed by atoms with Crippen molar-refractivity contribution in [1.82, 2.24) is 0 Å². The molecule has 0 aromatic heterocycles.